The van der Waals surface area contributed by atoms with Crippen molar-refractivity contribution in [1.82, 2.24) is 0 Å². The fourth-order valence-corrected chi connectivity index (χ4v) is 3.30. The molecule has 2 atom stereocenters. The van der Waals surface area contributed by atoms with Crippen LogP contribution in [0.4, 0.5) is 0 Å². The van der Waals surface area contributed by atoms with Gasteiger partial charge in [0.15, 0.2) is 0 Å². The Morgan fingerprint density at radius 3 is 1.44 bits per heavy atom. The maximum absolute atomic E-state index is 2.41. The summed E-state index contributed by atoms with van der Waals surface area (Å²) in [7, 11) is 1.18. The minimum Gasteiger partial charge on any atom is -0.108 e. The molecule has 0 saturated carbocycles. The summed E-state index contributed by atoms with van der Waals surface area (Å²) in [5, 5.41) is 1.33. The van der Waals surface area contributed by atoms with Crippen molar-refractivity contribution in [3.05, 3.63) is 0 Å². The summed E-state index contributed by atoms with van der Waals surface area (Å²) in [6, 6.07) is 0. The molecule has 1 aliphatic heterocycles. The maximum Gasteiger partial charge on any atom is -0.00341 e. The first-order valence-corrected chi connectivity index (χ1v) is 4.69. The van der Waals surface area contributed by atoms with Crippen molar-refractivity contribution in [2.75, 3.05) is 0 Å². The van der Waals surface area contributed by atoms with E-state index in [-0.39, 0.29) is 0 Å². The summed E-state index contributed by atoms with van der Waals surface area (Å²) in [4.78, 5) is 0. The smallest absolute Gasteiger partial charge is 0.00341 e. The lowest BCUT2D eigenvalue weighted by Gasteiger charge is -2.17. The molecule has 0 radical (unpaired) electrons. The predicted molar refractivity (Wildman–Crippen MR) is 45.6 cm³/mol. The van der Waals surface area contributed by atoms with Gasteiger partial charge in [-0.1, -0.05) is 34.6 Å². The summed E-state index contributed by atoms with van der Waals surface area (Å²) in [6.45, 7) is 11.8. The van der Waals surface area contributed by atoms with Crippen LogP contribution in [0.2, 0.25) is 0 Å². The molecule has 0 aromatic rings. The van der Waals surface area contributed by atoms with E-state index in [1.807, 2.05) is 0 Å². The van der Waals surface area contributed by atoms with E-state index in [0.29, 0.717) is 10.3 Å². The Bertz CT molecular complexity index is 127. The van der Waals surface area contributed by atoms with Gasteiger partial charge in [0.25, 0.3) is 0 Å². The molecule has 1 saturated heterocycles. The third-order valence-electron chi connectivity index (χ3n) is 2.96. The average molecular weight is 144 g/mol. The number of hydrogen-bond acceptors (Lipinski definition) is 0. The van der Waals surface area contributed by atoms with Crippen molar-refractivity contribution < 1.29 is 0 Å². The summed E-state index contributed by atoms with van der Waals surface area (Å²) >= 11 is 0. The van der Waals surface area contributed by atoms with E-state index in [1.54, 1.807) is 0 Å². The lowest BCUT2D eigenvalue weighted by Crippen LogP contribution is -2.22. The van der Waals surface area contributed by atoms with E-state index in [1.165, 1.54) is 8.58 Å². The normalized spacial score (nSPS) is 42.0. The van der Waals surface area contributed by atoms with Crippen LogP contribution < -0.4 is 0 Å². The monoisotopic (exact) mass is 144 g/mol. The van der Waals surface area contributed by atoms with E-state index < -0.39 is 0 Å². The molecule has 0 spiro atoms. The van der Waals surface area contributed by atoms with Crippen molar-refractivity contribution >= 4 is 8.58 Å². The lowest BCUT2D eigenvalue weighted by molar-refractivity contribution is 0.459. The van der Waals surface area contributed by atoms with Crippen LogP contribution in [0.5, 0.6) is 0 Å². The zero-order chi connectivity index (χ0) is 7.28. The van der Waals surface area contributed by atoms with E-state index in [9.17, 15) is 0 Å². The van der Waals surface area contributed by atoms with Gasteiger partial charge in [-0.15, -0.1) is 8.58 Å². The SMILES string of the molecule is CC(C)C1(C)PC1(C)C. The minimum atomic E-state index is 0.654. The molecular formula is C8H17P. The van der Waals surface area contributed by atoms with Gasteiger partial charge in [0.05, 0.1) is 0 Å². The van der Waals surface area contributed by atoms with Crippen molar-refractivity contribution in [3.8, 4) is 0 Å². The van der Waals surface area contributed by atoms with Crippen molar-refractivity contribution in [2.24, 2.45) is 5.92 Å². The Kier molecular flexibility index (Phi) is 1.44. The molecular weight excluding hydrogens is 127 g/mol. The summed E-state index contributed by atoms with van der Waals surface area (Å²) in [6.07, 6.45) is 0. The second-order valence-corrected chi connectivity index (χ2v) is 6.65. The van der Waals surface area contributed by atoms with Crippen LogP contribution in [0.15, 0.2) is 0 Å². The van der Waals surface area contributed by atoms with E-state index >= 15 is 0 Å². The summed E-state index contributed by atoms with van der Waals surface area (Å²) < 4.78 is 0. The van der Waals surface area contributed by atoms with Gasteiger partial charge in [-0.05, 0) is 16.2 Å². The first kappa shape index (κ1) is 7.54. The molecule has 0 N–H and O–H groups in total. The highest BCUT2D eigenvalue weighted by molar-refractivity contribution is 7.51. The molecule has 0 aromatic heterocycles. The molecule has 0 bridgehead atoms. The maximum atomic E-state index is 2.41. The zero-order valence-electron chi connectivity index (χ0n) is 7.08. The molecule has 0 amide bonds. The first-order chi connectivity index (χ1) is 3.90. The first-order valence-electron chi connectivity index (χ1n) is 3.69. The molecule has 1 heteroatoms. The highest BCUT2D eigenvalue weighted by Crippen LogP contribution is 2.72. The van der Waals surface area contributed by atoms with E-state index in [0.717, 1.165) is 5.92 Å². The Morgan fingerprint density at radius 1 is 1.11 bits per heavy atom. The predicted octanol–water partition coefficient (Wildman–Crippen LogP) is 2.87. The molecule has 0 nitrogen and oxygen atoms in total. The van der Waals surface area contributed by atoms with Crippen LogP contribution in [-0.4, -0.2) is 10.3 Å². The van der Waals surface area contributed by atoms with Crippen molar-refractivity contribution in [2.45, 2.75) is 44.9 Å². The molecule has 1 fully saturated rings. The van der Waals surface area contributed by atoms with Gasteiger partial charge in [-0.2, -0.15) is 0 Å². The van der Waals surface area contributed by atoms with Crippen molar-refractivity contribution in [1.29, 1.82) is 0 Å². The molecule has 0 aliphatic carbocycles. The van der Waals surface area contributed by atoms with Crippen molar-refractivity contribution in [3.63, 3.8) is 0 Å². The molecule has 1 rings (SSSR count). The summed E-state index contributed by atoms with van der Waals surface area (Å²) in [5.41, 5.74) is 0. The summed E-state index contributed by atoms with van der Waals surface area (Å²) in [5.74, 6) is 0.867. The lowest BCUT2D eigenvalue weighted by atomic mass is 9.88. The van der Waals surface area contributed by atoms with Gasteiger partial charge in [0.1, 0.15) is 0 Å². The fourth-order valence-electron chi connectivity index (χ4n) is 1.48. The number of rotatable bonds is 1. The molecule has 9 heavy (non-hydrogen) atoms. The molecule has 54 valence electrons. The van der Waals surface area contributed by atoms with Gasteiger partial charge < -0.3 is 0 Å². The third kappa shape index (κ3) is 0.923. The highest BCUT2D eigenvalue weighted by atomic mass is 31.1. The Labute approximate surface area is 60.2 Å². The van der Waals surface area contributed by atoms with E-state index in [2.05, 4.69) is 34.6 Å². The largest absolute Gasteiger partial charge is 0.108 e. The van der Waals surface area contributed by atoms with Gasteiger partial charge in [0, 0.05) is 0 Å². The molecule has 1 heterocycles. The van der Waals surface area contributed by atoms with Gasteiger partial charge >= 0.3 is 0 Å². The Hall–Kier alpha value is 0.430. The third-order valence-corrected chi connectivity index (χ3v) is 5.58. The minimum absolute atomic E-state index is 0.654. The van der Waals surface area contributed by atoms with Crippen LogP contribution in [-0.2, 0) is 0 Å². The van der Waals surface area contributed by atoms with Crippen LogP contribution in [0.25, 0.3) is 0 Å². The zero-order valence-corrected chi connectivity index (χ0v) is 8.08. The fraction of sp³-hybridized carbons (Fsp3) is 1.00. The van der Waals surface area contributed by atoms with Gasteiger partial charge in [-0.3, -0.25) is 0 Å². The Morgan fingerprint density at radius 2 is 1.44 bits per heavy atom. The molecule has 0 aromatic carbocycles. The average Bonchev–Trinajstić information content (AvgIpc) is 2.08. The van der Waals surface area contributed by atoms with Gasteiger partial charge in [0.2, 0.25) is 0 Å². The highest BCUT2D eigenvalue weighted by Gasteiger charge is 2.58. The van der Waals surface area contributed by atoms with Crippen LogP contribution in [0.1, 0.15) is 34.6 Å². The van der Waals surface area contributed by atoms with Crippen LogP contribution in [0.3, 0.4) is 0 Å². The number of hydrogen-bond donors (Lipinski definition) is 0. The molecule has 1 aliphatic rings. The van der Waals surface area contributed by atoms with Crippen LogP contribution in [0, 0.1) is 5.92 Å². The second kappa shape index (κ2) is 1.72. The second-order valence-electron chi connectivity index (χ2n) is 4.11. The standard InChI is InChI=1S/C8H17P/c1-6(2)8(5)7(3,4)9-8/h6,9H,1-5H3. The van der Waals surface area contributed by atoms with Gasteiger partial charge in [-0.25, -0.2) is 0 Å². The quantitative estimate of drug-likeness (QED) is 0.496. The Balaban J connectivity index is 2.63. The molecule has 2 unspecified atom stereocenters. The van der Waals surface area contributed by atoms with Crippen LogP contribution >= 0.6 is 8.58 Å². The topological polar surface area (TPSA) is 0 Å². The van der Waals surface area contributed by atoms with E-state index in [4.69, 9.17) is 0 Å².